The van der Waals surface area contributed by atoms with Crippen molar-refractivity contribution in [2.75, 3.05) is 18.4 Å². The number of benzene rings is 2. The first-order chi connectivity index (χ1) is 24.3. The van der Waals surface area contributed by atoms with E-state index in [0.29, 0.717) is 42.7 Å². The molecule has 0 aliphatic carbocycles. The number of rotatable bonds is 20. The second kappa shape index (κ2) is 20.2. The van der Waals surface area contributed by atoms with E-state index in [2.05, 4.69) is 16.0 Å². The van der Waals surface area contributed by atoms with Crippen molar-refractivity contribution in [3.8, 4) is 5.75 Å². The standard InChI is InChI=1S/C37H47N5O9/c1-24(2)34(41-31(44)9-5-4-6-21-42-32(45)18-19-33(42)46)30(43)22-27(8-7-20-39-36(38)48)35(47)40-28-14-12-26(13-15-28)23-50-37(49)51-29-16-10-25(3)11-17-29/h10-19,24,27,34H,4-9,20-23H2,1-3H3,(H,40,47)(H,41,44)(H3,38,39,48)/t27?,34-/m0/s1. The molecule has 2 aromatic rings. The summed E-state index contributed by atoms with van der Waals surface area (Å²) in [6, 6.07) is 12.1. The predicted octanol–water partition coefficient (Wildman–Crippen LogP) is 4.30. The summed E-state index contributed by atoms with van der Waals surface area (Å²) >= 11 is 0. The molecule has 0 spiro atoms. The highest BCUT2D eigenvalue weighted by molar-refractivity contribution is 6.12. The second-order valence-electron chi connectivity index (χ2n) is 12.7. The van der Waals surface area contributed by atoms with Crippen LogP contribution in [0.5, 0.6) is 5.75 Å². The number of Topliss-reactive ketones (excluding diaryl/α,β-unsaturated/α-hetero) is 1. The number of ether oxygens (including phenoxy) is 2. The number of amides is 6. The van der Waals surface area contributed by atoms with Crippen molar-refractivity contribution in [2.24, 2.45) is 17.6 Å². The van der Waals surface area contributed by atoms with Gasteiger partial charge < -0.3 is 31.2 Å². The monoisotopic (exact) mass is 705 g/mol. The first kappa shape index (κ1) is 39.9. The van der Waals surface area contributed by atoms with Gasteiger partial charge in [-0.3, -0.25) is 28.9 Å². The van der Waals surface area contributed by atoms with E-state index in [0.717, 1.165) is 10.5 Å². The van der Waals surface area contributed by atoms with E-state index in [1.54, 1.807) is 50.2 Å². The van der Waals surface area contributed by atoms with Crippen molar-refractivity contribution in [2.45, 2.75) is 78.4 Å². The first-order valence-electron chi connectivity index (χ1n) is 17.0. The Morgan fingerprint density at radius 3 is 2.16 bits per heavy atom. The Labute approximate surface area is 297 Å². The minimum atomic E-state index is -0.853. The number of nitrogens with zero attached hydrogens (tertiary/aromatic N) is 1. The van der Waals surface area contributed by atoms with Crippen LogP contribution in [0.25, 0.3) is 0 Å². The summed E-state index contributed by atoms with van der Waals surface area (Å²) in [5.41, 5.74) is 7.30. The van der Waals surface area contributed by atoms with E-state index in [4.69, 9.17) is 15.2 Å². The molecular weight excluding hydrogens is 658 g/mol. The zero-order valence-electron chi connectivity index (χ0n) is 29.3. The zero-order valence-corrected chi connectivity index (χ0v) is 29.3. The van der Waals surface area contributed by atoms with Gasteiger partial charge in [-0.25, -0.2) is 9.59 Å². The Balaban J connectivity index is 1.52. The first-order valence-corrected chi connectivity index (χ1v) is 17.0. The quantitative estimate of drug-likeness (QED) is 0.0670. The molecule has 14 heteroatoms. The number of hydrogen-bond acceptors (Lipinski definition) is 9. The van der Waals surface area contributed by atoms with E-state index in [9.17, 15) is 33.6 Å². The normalized spacial score (nSPS) is 13.5. The predicted molar refractivity (Wildman–Crippen MR) is 188 cm³/mol. The van der Waals surface area contributed by atoms with Crippen molar-refractivity contribution in [3.05, 3.63) is 71.8 Å². The summed E-state index contributed by atoms with van der Waals surface area (Å²) in [6.07, 6.45) is 3.95. The van der Waals surface area contributed by atoms with Crippen molar-refractivity contribution >= 4 is 47.3 Å². The number of imide groups is 1. The third kappa shape index (κ3) is 14.1. The molecule has 51 heavy (non-hydrogen) atoms. The van der Waals surface area contributed by atoms with Crippen LogP contribution >= 0.6 is 0 Å². The van der Waals surface area contributed by atoms with E-state index in [1.807, 2.05) is 19.1 Å². The molecule has 2 aromatic carbocycles. The zero-order chi connectivity index (χ0) is 37.3. The molecule has 6 amide bonds. The van der Waals surface area contributed by atoms with Crippen molar-refractivity contribution in [1.29, 1.82) is 0 Å². The van der Waals surface area contributed by atoms with Gasteiger partial charge in [0.1, 0.15) is 12.4 Å². The van der Waals surface area contributed by atoms with Crippen LogP contribution in [0, 0.1) is 18.8 Å². The van der Waals surface area contributed by atoms with Gasteiger partial charge in [0.15, 0.2) is 5.78 Å². The maximum absolute atomic E-state index is 13.5. The molecule has 0 bridgehead atoms. The van der Waals surface area contributed by atoms with Gasteiger partial charge in [-0.2, -0.15) is 0 Å². The van der Waals surface area contributed by atoms with Gasteiger partial charge in [-0.05, 0) is 68.4 Å². The number of primary amides is 1. The van der Waals surface area contributed by atoms with E-state index < -0.39 is 30.1 Å². The van der Waals surface area contributed by atoms with Crippen LogP contribution in [0.3, 0.4) is 0 Å². The number of carbonyl (C=O) groups is 7. The molecule has 0 saturated carbocycles. The number of aryl methyl sites for hydroxylation is 1. The molecule has 1 unspecified atom stereocenters. The van der Waals surface area contributed by atoms with Gasteiger partial charge in [-0.1, -0.05) is 50.1 Å². The van der Waals surface area contributed by atoms with Gasteiger partial charge in [0.2, 0.25) is 11.8 Å². The number of carbonyl (C=O) groups excluding carboxylic acids is 7. The highest BCUT2D eigenvalue weighted by atomic mass is 16.7. The summed E-state index contributed by atoms with van der Waals surface area (Å²) < 4.78 is 10.3. The molecule has 0 fully saturated rings. The lowest BCUT2D eigenvalue weighted by Gasteiger charge is -2.24. The van der Waals surface area contributed by atoms with Crippen LogP contribution in [0.15, 0.2) is 60.7 Å². The lowest BCUT2D eigenvalue weighted by atomic mass is 9.89. The summed E-state index contributed by atoms with van der Waals surface area (Å²) in [5, 5.41) is 8.12. The Kier molecular flexibility index (Phi) is 15.8. The summed E-state index contributed by atoms with van der Waals surface area (Å²) in [7, 11) is 0. The fourth-order valence-corrected chi connectivity index (χ4v) is 5.31. The van der Waals surface area contributed by atoms with Crippen LogP contribution in [-0.2, 0) is 35.3 Å². The molecule has 0 radical (unpaired) electrons. The number of urea groups is 1. The van der Waals surface area contributed by atoms with Crippen molar-refractivity contribution in [3.63, 3.8) is 0 Å². The van der Waals surface area contributed by atoms with Crippen molar-refractivity contribution < 1.29 is 43.0 Å². The van der Waals surface area contributed by atoms with E-state index in [-0.39, 0.29) is 68.4 Å². The SMILES string of the molecule is Cc1ccc(OC(=O)OCc2ccc(NC(=O)C(CCCNC(N)=O)CC(=O)[C@@H](NC(=O)CCCCCN3C(=O)C=CC3=O)C(C)C)cc2)cc1. The number of ketones is 1. The fraction of sp³-hybridized carbons (Fsp3) is 0.432. The Morgan fingerprint density at radius 2 is 1.53 bits per heavy atom. The Morgan fingerprint density at radius 1 is 0.863 bits per heavy atom. The van der Waals surface area contributed by atoms with Gasteiger partial charge >= 0.3 is 12.2 Å². The van der Waals surface area contributed by atoms with Crippen LogP contribution < -0.4 is 26.4 Å². The summed E-state index contributed by atoms with van der Waals surface area (Å²) in [4.78, 5) is 87.4. The second-order valence-corrected chi connectivity index (χ2v) is 12.7. The molecule has 0 saturated heterocycles. The minimum Gasteiger partial charge on any atom is -0.429 e. The van der Waals surface area contributed by atoms with Crippen LogP contribution in [0.2, 0.25) is 0 Å². The maximum Gasteiger partial charge on any atom is 0.514 e. The summed E-state index contributed by atoms with van der Waals surface area (Å²) in [6.45, 7) is 5.98. The Bertz CT molecular complexity index is 1550. The molecular formula is C37H47N5O9. The molecule has 2 atom stereocenters. The smallest absolute Gasteiger partial charge is 0.429 e. The average molecular weight is 706 g/mol. The largest absolute Gasteiger partial charge is 0.514 e. The molecule has 1 heterocycles. The molecule has 14 nitrogen and oxygen atoms in total. The third-order valence-electron chi connectivity index (χ3n) is 8.16. The topological polar surface area (TPSA) is 203 Å². The van der Waals surface area contributed by atoms with Gasteiger partial charge in [0.25, 0.3) is 11.8 Å². The lowest BCUT2D eigenvalue weighted by Crippen LogP contribution is -2.45. The van der Waals surface area contributed by atoms with Crippen molar-refractivity contribution in [1.82, 2.24) is 15.5 Å². The van der Waals surface area contributed by atoms with Gasteiger partial charge in [0, 0.05) is 49.7 Å². The van der Waals surface area contributed by atoms with Crippen LogP contribution in [0.1, 0.15) is 69.9 Å². The number of nitrogens with one attached hydrogen (secondary N) is 3. The minimum absolute atomic E-state index is 0.0520. The fourth-order valence-electron chi connectivity index (χ4n) is 5.31. The maximum atomic E-state index is 13.5. The lowest BCUT2D eigenvalue weighted by molar-refractivity contribution is -0.137. The van der Waals surface area contributed by atoms with E-state index >= 15 is 0 Å². The molecule has 5 N–H and O–H groups in total. The highest BCUT2D eigenvalue weighted by Crippen LogP contribution is 2.20. The number of unbranched alkanes of at least 4 members (excludes halogenated alkanes) is 2. The number of anilines is 1. The molecule has 3 rings (SSSR count). The summed E-state index contributed by atoms with van der Waals surface area (Å²) in [5.74, 6) is -2.35. The Hall–Kier alpha value is -5.53. The number of hydrogen-bond donors (Lipinski definition) is 4. The van der Waals surface area contributed by atoms with Crippen LogP contribution in [0.4, 0.5) is 15.3 Å². The molecule has 1 aliphatic rings. The number of nitrogens with two attached hydrogens (primary N) is 1. The van der Waals surface area contributed by atoms with Crippen LogP contribution in [-0.4, -0.2) is 65.6 Å². The molecule has 1 aliphatic heterocycles. The highest BCUT2D eigenvalue weighted by Gasteiger charge is 2.29. The van der Waals surface area contributed by atoms with Gasteiger partial charge in [-0.15, -0.1) is 0 Å². The molecule has 0 aromatic heterocycles. The van der Waals surface area contributed by atoms with Gasteiger partial charge in [0.05, 0.1) is 6.04 Å². The average Bonchev–Trinajstić information content (AvgIpc) is 3.41. The van der Waals surface area contributed by atoms with E-state index in [1.165, 1.54) is 12.2 Å². The third-order valence-corrected chi connectivity index (χ3v) is 8.16. The molecule has 274 valence electrons.